The molecule has 0 spiro atoms. The quantitative estimate of drug-likeness (QED) is 0.839. The van der Waals surface area contributed by atoms with E-state index in [1.807, 2.05) is 18.5 Å². The second-order valence-electron chi connectivity index (χ2n) is 4.71. The number of pyridine rings is 1. The molecule has 1 aliphatic carbocycles. The SMILES string of the molecule is NCC1(c2coc3ccncc23)CCCC1. The van der Waals surface area contributed by atoms with Crippen LogP contribution in [0.3, 0.4) is 0 Å². The third kappa shape index (κ3) is 1.28. The molecule has 2 aromatic heterocycles. The van der Waals surface area contributed by atoms with Crippen molar-refractivity contribution < 1.29 is 4.42 Å². The average molecular weight is 216 g/mol. The predicted octanol–water partition coefficient (Wildman–Crippen LogP) is 2.60. The molecule has 0 atom stereocenters. The highest BCUT2D eigenvalue weighted by molar-refractivity contribution is 5.81. The van der Waals surface area contributed by atoms with Crippen molar-refractivity contribution in [1.29, 1.82) is 0 Å². The zero-order chi connectivity index (χ0) is 11.0. The summed E-state index contributed by atoms with van der Waals surface area (Å²) in [4.78, 5) is 4.18. The minimum absolute atomic E-state index is 0.133. The van der Waals surface area contributed by atoms with Gasteiger partial charge in [-0.15, -0.1) is 0 Å². The Balaban J connectivity index is 2.17. The molecule has 0 aromatic carbocycles. The number of hydrogen-bond donors (Lipinski definition) is 1. The van der Waals surface area contributed by atoms with E-state index in [1.54, 1.807) is 6.20 Å². The number of aromatic nitrogens is 1. The maximum absolute atomic E-state index is 5.99. The van der Waals surface area contributed by atoms with E-state index < -0.39 is 0 Å². The molecule has 1 saturated carbocycles. The van der Waals surface area contributed by atoms with Crippen molar-refractivity contribution >= 4 is 11.0 Å². The van der Waals surface area contributed by atoms with Gasteiger partial charge in [0.25, 0.3) is 0 Å². The lowest BCUT2D eigenvalue weighted by atomic mass is 9.79. The van der Waals surface area contributed by atoms with Gasteiger partial charge in [-0.2, -0.15) is 0 Å². The predicted molar refractivity (Wildman–Crippen MR) is 63.2 cm³/mol. The lowest BCUT2D eigenvalue weighted by molar-refractivity contribution is 0.448. The molecule has 2 aromatic rings. The summed E-state index contributed by atoms with van der Waals surface area (Å²) in [5, 5.41) is 1.13. The first-order valence-electron chi connectivity index (χ1n) is 5.87. The molecule has 0 saturated heterocycles. The first kappa shape index (κ1) is 9.85. The van der Waals surface area contributed by atoms with Gasteiger partial charge in [-0.1, -0.05) is 12.8 Å². The standard InChI is InChI=1S/C13H16N2O/c14-9-13(4-1-2-5-13)11-8-16-12-3-6-15-7-10(11)12/h3,6-8H,1-2,4-5,9,14H2. The molecule has 3 heteroatoms. The summed E-state index contributed by atoms with van der Waals surface area (Å²) in [5.74, 6) is 0. The van der Waals surface area contributed by atoms with Crippen LogP contribution in [0.5, 0.6) is 0 Å². The van der Waals surface area contributed by atoms with Crippen LogP contribution in [0.4, 0.5) is 0 Å². The summed E-state index contributed by atoms with van der Waals surface area (Å²) in [5.41, 5.74) is 8.30. The third-order valence-corrected chi connectivity index (χ3v) is 3.90. The van der Waals surface area contributed by atoms with Gasteiger partial charge in [0.2, 0.25) is 0 Å². The largest absolute Gasteiger partial charge is 0.464 e. The normalized spacial score (nSPS) is 19.3. The van der Waals surface area contributed by atoms with E-state index >= 15 is 0 Å². The maximum atomic E-state index is 5.99. The van der Waals surface area contributed by atoms with Crippen LogP contribution in [0.25, 0.3) is 11.0 Å². The molecule has 1 aliphatic rings. The summed E-state index contributed by atoms with van der Waals surface area (Å²) >= 11 is 0. The van der Waals surface area contributed by atoms with Crippen LogP contribution in [0.15, 0.2) is 29.1 Å². The Labute approximate surface area is 94.7 Å². The van der Waals surface area contributed by atoms with Gasteiger partial charge >= 0.3 is 0 Å². The van der Waals surface area contributed by atoms with E-state index in [-0.39, 0.29) is 5.41 Å². The Morgan fingerprint density at radius 2 is 2.19 bits per heavy atom. The molecule has 16 heavy (non-hydrogen) atoms. The summed E-state index contributed by atoms with van der Waals surface area (Å²) in [6, 6.07) is 1.91. The summed E-state index contributed by atoms with van der Waals surface area (Å²) in [6.07, 6.45) is 10.4. The van der Waals surface area contributed by atoms with Crippen LogP contribution in [-0.2, 0) is 5.41 Å². The molecule has 0 amide bonds. The van der Waals surface area contributed by atoms with Gasteiger partial charge < -0.3 is 10.2 Å². The summed E-state index contributed by atoms with van der Waals surface area (Å²) in [6.45, 7) is 0.705. The second-order valence-corrected chi connectivity index (χ2v) is 4.71. The van der Waals surface area contributed by atoms with Crippen LogP contribution < -0.4 is 5.73 Å². The first-order valence-corrected chi connectivity index (χ1v) is 5.87. The van der Waals surface area contributed by atoms with Crippen molar-refractivity contribution in [2.24, 2.45) is 5.73 Å². The Morgan fingerprint density at radius 3 is 2.94 bits per heavy atom. The molecule has 2 heterocycles. The molecule has 3 rings (SSSR count). The van der Waals surface area contributed by atoms with Gasteiger partial charge in [-0.25, -0.2) is 0 Å². The zero-order valence-corrected chi connectivity index (χ0v) is 9.28. The van der Waals surface area contributed by atoms with Crippen molar-refractivity contribution in [3.05, 3.63) is 30.3 Å². The highest BCUT2D eigenvalue weighted by Crippen LogP contribution is 2.43. The van der Waals surface area contributed by atoms with Gasteiger partial charge in [0.1, 0.15) is 5.58 Å². The van der Waals surface area contributed by atoms with E-state index in [1.165, 1.54) is 31.2 Å². The molecular weight excluding hydrogens is 200 g/mol. The summed E-state index contributed by atoms with van der Waals surface area (Å²) in [7, 11) is 0. The van der Waals surface area contributed by atoms with E-state index in [0.29, 0.717) is 6.54 Å². The molecular formula is C13H16N2O. The number of fused-ring (bicyclic) bond motifs is 1. The van der Waals surface area contributed by atoms with E-state index in [0.717, 1.165) is 11.0 Å². The van der Waals surface area contributed by atoms with Crippen molar-refractivity contribution in [3.63, 3.8) is 0 Å². The lowest BCUT2D eigenvalue weighted by Gasteiger charge is -2.26. The minimum atomic E-state index is 0.133. The van der Waals surface area contributed by atoms with E-state index in [2.05, 4.69) is 4.98 Å². The zero-order valence-electron chi connectivity index (χ0n) is 9.28. The van der Waals surface area contributed by atoms with Gasteiger partial charge in [0.15, 0.2) is 0 Å². The Hall–Kier alpha value is -1.35. The van der Waals surface area contributed by atoms with Crippen LogP contribution in [0, 0.1) is 0 Å². The monoisotopic (exact) mass is 216 g/mol. The first-order chi connectivity index (χ1) is 7.86. The fraction of sp³-hybridized carbons (Fsp3) is 0.462. The number of furan rings is 1. The average Bonchev–Trinajstić information content (AvgIpc) is 2.96. The third-order valence-electron chi connectivity index (χ3n) is 3.90. The highest BCUT2D eigenvalue weighted by atomic mass is 16.3. The summed E-state index contributed by atoms with van der Waals surface area (Å²) < 4.78 is 5.59. The van der Waals surface area contributed by atoms with Crippen LogP contribution in [0.1, 0.15) is 31.2 Å². The maximum Gasteiger partial charge on any atom is 0.137 e. The number of rotatable bonds is 2. The molecule has 0 bridgehead atoms. The van der Waals surface area contributed by atoms with Gasteiger partial charge in [-0.05, 0) is 18.9 Å². The highest BCUT2D eigenvalue weighted by Gasteiger charge is 2.36. The molecule has 0 unspecified atom stereocenters. The van der Waals surface area contributed by atoms with E-state index in [4.69, 9.17) is 10.2 Å². The number of hydrogen-bond acceptors (Lipinski definition) is 3. The Morgan fingerprint density at radius 1 is 1.38 bits per heavy atom. The van der Waals surface area contributed by atoms with Crippen molar-refractivity contribution in [3.8, 4) is 0 Å². The Kier molecular flexibility index (Phi) is 2.21. The topological polar surface area (TPSA) is 52.0 Å². The molecule has 0 aliphatic heterocycles. The van der Waals surface area contributed by atoms with Crippen molar-refractivity contribution in [1.82, 2.24) is 4.98 Å². The number of nitrogens with zero attached hydrogens (tertiary/aromatic N) is 1. The van der Waals surface area contributed by atoms with Crippen LogP contribution in [-0.4, -0.2) is 11.5 Å². The Bertz CT molecular complexity index is 497. The van der Waals surface area contributed by atoms with Gasteiger partial charge in [-0.3, -0.25) is 4.98 Å². The van der Waals surface area contributed by atoms with E-state index in [9.17, 15) is 0 Å². The van der Waals surface area contributed by atoms with Gasteiger partial charge in [0, 0.05) is 35.3 Å². The fourth-order valence-electron chi connectivity index (χ4n) is 2.92. The minimum Gasteiger partial charge on any atom is -0.464 e. The van der Waals surface area contributed by atoms with Crippen molar-refractivity contribution in [2.75, 3.05) is 6.54 Å². The lowest BCUT2D eigenvalue weighted by Crippen LogP contribution is -2.31. The van der Waals surface area contributed by atoms with Crippen molar-refractivity contribution in [2.45, 2.75) is 31.1 Å². The smallest absolute Gasteiger partial charge is 0.137 e. The molecule has 84 valence electrons. The molecule has 2 N–H and O–H groups in total. The second kappa shape index (κ2) is 3.59. The van der Waals surface area contributed by atoms with Gasteiger partial charge in [0.05, 0.1) is 6.26 Å². The van der Waals surface area contributed by atoms with Crippen LogP contribution >= 0.6 is 0 Å². The van der Waals surface area contributed by atoms with Crippen LogP contribution in [0.2, 0.25) is 0 Å². The molecule has 3 nitrogen and oxygen atoms in total. The fourth-order valence-corrected chi connectivity index (χ4v) is 2.92. The molecule has 1 fully saturated rings. The molecule has 0 radical (unpaired) electrons. The number of nitrogens with two attached hydrogens (primary N) is 1.